The van der Waals surface area contributed by atoms with Gasteiger partial charge in [0, 0.05) is 24.7 Å². The number of Topliss-reactive ketones (excluding diaryl/α,β-unsaturated/α-hetero) is 3. The zero-order chi connectivity index (χ0) is 25.3. The van der Waals surface area contributed by atoms with E-state index < -0.39 is 23.5 Å². The van der Waals surface area contributed by atoms with Crippen molar-refractivity contribution in [1.82, 2.24) is 10.6 Å². The molecule has 2 rings (SSSR count). The van der Waals surface area contributed by atoms with Crippen LogP contribution >= 0.6 is 0 Å². The molecule has 6 nitrogen and oxygen atoms in total. The highest BCUT2D eigenvalue weighted by Gasteiger charge is 2.33. The van der Waals surface area contributed by atoms with E-state index >= 15 is 0 Å². The number of benzene rings is 1. The van der Waals surface area contributed by atoms with E-state index in [2.05, 4.69) is 10.6 Å². The zero-order valence-electron chi connectivity index (χ0n) is 21.5. The lowest BCUT2D eigenvalue weighted by Crippen LogP contribution is -2.47. The fourth-order valence-corrected chi connectivity index (χ4v) is 4.45. The summed E-state index contributed by atoms with van der Waals surface area (Å²) in [7, 11) is 0. The predicted octanol–water partition coefficient (Wildman–Crippen LogP) is 3.91. The van der Waals surface area contributed by atoms with Gasteiger partial charge in [0.25, 0.3) is 0 Å². The normalized spacial score (nSPS) is 16.6. The maximum atomic E-state index is 13.4. The fourth-order valence-electron chi connectivity index (χ4n) is 4.45. The van der Waals surface area contributed by atoms with Crippen molar-refractivity contribution in [3.63, 3.8) is 0 Å². The van der Waals surface area contributed by atoms with E-state index in [-0.39, 0.29) is 41.8 Å². The van der Waals surface area contributed by atoms with Gasteiger partial charge in [-0.15, -0.1) is 0 Å². The van der Waals surface area contributed by atoms with Gasteiger partial charge in [-0.1, -0.05) is 65.0 Å². The predicted molar refractivity (Wildman–Crippen MR) is 134 cm³/mol. The molecule has 1 saturated heterocycles. The Morgan fingerprint density at radius 3 is 2.21 bits per heavy atom. The summed E-state index contributed by atoms with van der Waals surface area (Å²) in [6.45, 7) is 11.4. The molecule has 188 valence electrons. The first kappa shape index (κ1) is 27.9. The van der Waals surface area contributed by atoms with Gasteiger partial charge in [0.2, 0.25) is 11.7 Å². The molecule has 1 unspecified atom stereocenters. The average molecular weight is 471 g/mol. The van der Waals surface area contributed by atoms with Crippen LogP contribution < -0.4 is 10.6 Å². The molecule has 0 saturated carbocycles. The lowest BCUT2D eigenvalue weighted by atomic mass is 9.82. The largest absolute Gasteiger partial charge is 0.346 e. The third kappa shape index (κ3) is 9.49. The van der Waals surface area contributed by atoms with Gasteiger partial charge in [-0.05, 0) is 55.7 Å². The van der Waals surface area contributed by atoms with Crippen molar-refractivity contribution in [1.29, 1.82) is 0 Å². The summed E-state index contributed by atoms with van der Waals surface area (Å²) in [4.78, 5) is 52.2. The fraction of sp³-hybridized carbons (Fsp3) is 0.643. The summed E-state index contributed by atoms with van der Waals surface area (Å²) in [5, 5.41) is 6.23. The maximum absolute atomic E-state index is 13.4. The van der Waals surface area contributed by atoms with Crippen molar-refractivity contribution in [2.24, 2.45) is 23.2 Å². The van der Waals surface area contributed by atoms with Crippen LogP contribution in [0.5, 0.6) is 0 Å². The summed E-state index contributed by atoms with van der Waals surface area (Å²) < 4.78 is 0. The van der Waals surface area contributed by atoms with E-state index in [0.29, 0.717) is 12.8 Å². The molecule has 0 aliphatic carbocycles. The lowest BCUT2D eigenvalue weighted by molar-refractivity contribution is -0.141. The first-order valence-corrected chi connectivity index (χ1v) is 12.6. The van der Waals surface area contributed by atoms with Crippen LogP contribution in [0, 0.1) is 23.2 Å². The Bertz CT molecular complexity index is 836. The molecule has 1 fully saturated rings. The molecule has 34 heavy (non-hydrogen) atoms. The van der Waals surface area contributed by atoms with Crippen molar-refractivity contribution < 1.29 is 19.2 Å². The summed E-state index contributed by atoms with van der Waals surface area (Å²) in [5.74, 6) is -1.80. The average Bonchev–Trinajstić information content (AvgIpc) is 2.77. The van der Waals surface area contributed by atoms with Crippen molar-refractivity contribution in [3.05, 3.63) is 35.9 Å². The Labute approximate surface area is 204 Å². The molecule has 0 bridgehead atoms. The molecule has 6 heteroatoms. The van der Waals surface area contributed by atoms with Crippen LogP contribution in [-0.4, -0.2) is 42.4 Å². The number of amides is 1. The van der Waals surface area contributed by atoms with Crippen LogP contribution in [0.2, 0.25) is 0 Å². The highest BCUT2D eigenvalue weighted by Crippen LogP contribution is 2.23. The van der Waals surface area contributed by atoms with Crippen molar-refractivity contribution >= 4 is 23.3 Å². The number of hydrogen-bond acceptors (Lipinski definition) is 5. The van der Waals surface area contributed by atoms with E-state index in [0.717, 1.165) is 31.5 Å². The minimum atomic E-state index is -0.727. The molecule has 1 aliphatic heterocycles. The molecule has 2 N–H and O–H groups in total. The van der Waals surface area contributed by atoms with Crippen LogP contribution in [0.1, 0.15) is 72.3 Å². The molecule has 1 aromatic rings. The van der Waals surface area contributed by atoms with Crippen molar-refractivity contribution in [2.45, 2.75) is 79.2 Å². The van der Waals surface area contributed by atoms with Crippen LogP contribution in [0.25, 0.3) is 0 Å². The molecular formula is C28H42N2O4. The second-order valence-corrected chi connectivity index (χ2v) is 11.3. The number of ketones is 3. The van der Waals surface area contributed by atoms with Gasteiger partial charge in [0.05, 0.1) is 6.04 Å². The van der Waals surface area contributed by atoms with Crippen LogP contribution in [0.4, 0.5) is 0 Å². The lowest BCUT2D eigenvalue weighted by Gasteiger charge is -2.27. The Balaban J connectivity index is 2.18. The maximum Gasteiger partial charge on any atom is 0.223 e. The van der Waals surface area contributed by atoms with E-state index in [1.807, 2.05) is 65.0 Å². The summed E-state index contributed by atoms with van der Waals surface area (Å²) in [6, 6.07) is 8.83. The molecule has 1 aromatic carbocycles. The van der Waals surface area contributed by atoms with Gasteiger partial charge in [-0.3, -0.25) is 19.2 Å². The van der Waals surface area contributed by atoms with Crippen LogP contribution in [-0.2, 0) is 25.6 Å². The number of piperidine rings is 1. The van der Waals surface area contributed by atoms with Crippen molar-refractivity contribution in [2.75, 3.05) is 13.1 Å². The molecule has 1 amide bonds. The van der Waals surface area contributed by atoms with Gasteiger partial charge in [-0.2, -0.15) is 0 Å². The zero-order valence-corrected chi connectivity index (χ0v) is 21.5. The first-order chi connectivity index (χ1) is 16.0. The van der Waals surface area contributed by atoms with E-state index in [4.69, 9.17) is 0 Å². The summed E-state index contributed by atoms with van der Waals surface area (Å²) in [6.07, 6.45) is 2.45. The minimum absolute atomic E-state index is 0.0481. The molecule has 0 radical (unpaired) electrons. The highest BCUT2D eigenvalue weighted by atomic mass is 16.2. The quantitative estimate of drug-likeness (QED) is 0.452. The number of carbonyl (C=O) groups is 4. The molecule has 1 aliphatic rings. The number of nitrogens with one attached hydrogen (secondary N) is 2. The van der Waals surface area contributed by atoms with Gasteiger partial charge in [0.1, 0.15) is 0 Å². The first-order valence-electron chi connectivity index (χ1n) is 12.6. The minimum Gasteiger partial charge on any atom is -0.346 e. The molecular weight excluding hydrogens is 428 g/mol. The van der Waals surface area contributed by atoms with Crippen LogP contribution in [0.3, 0.4) is 0 Å². The second kappa shape index (κ2) is 12.9. The third-order valence-electron chi connectivity index (χ3n) is 6.23. The van der Waals surface area contributed by atoms with E-state index in [1.165, 1.54) is 0 Å². The SMILES string of the molecule is CC(C)C[C@H](NC(=O)C1CCNCC1)C(=O)CC(Cc1ccccc1)C(=O)C(=O)CC(C)(C)C. The van der Waals surface area contributed by atoms with E-state index in [9.17, 15) is 19.2 Å². The van der Waals surface area contributed by atoms with Gasteiger partial charge in [-0.25, -0.2) is 0 Å². The Hall–Kier alpha value is -2.34. The molecule has 0 aromatic heterocycles. The van der Waals surface area contributed by atoms with Crippen LogP contribution in [0.15, 0.2) is 30.3 Å². The number of hydrogen-bond donors (Lipinski definition) is 2. The van der Waals surface area contributed by atoms with E-state index in [1.54, 1.807) is 0 Å². The Morgan fingerprint density at radius 1 is 1.03 bits per heavy atom. The summed E-state index contributed by atoms with van der Waals surface area (Å²) in [5.41, 5.74) is 0.605. The Kier molecular flexibility index (Phi) is 10.6. The van der Waals surface area contributed by atoms with Gasteiger partial charge in [0.15, 0.2) is 11.6 Å². The van der Waals surface area contributed by atoms with Gasteiger partial charge >= 0.3 is 0 Å². The van der Waals surface area contributed by atoms with Gasteiger partial charge < -0.3 is 10.6 Å². The molecule has 1 heterocycles. The molecule has 0 spiro atoms. The smallest absolute Gasteiger partial charge is 0.223 e. The highest BCUT2D eigenvalue weighted by molar-refractivity contribution is 6.38. The monoisotopic (exact) mass is 470 g/mol. The Morgan fingerprint density at radius 2 is 1.65 bits per heavy atom. The molecule has 2 atom stereocenters. The topological polar surface area (TPSA) is 92.3 Å². The third-order valence-corrected chi connectivity index (χ3v) is 6.23. The second-order valence-electron chi connectivity index (χ2n) is 11.3. The number of carbonyl (C=O) groups excluding carboxylic acids is 4. The summed E-state index contributed by atoms with van der Waals surface area (Å²) >= 11 is 0. The van der Waals surface area contributed by atoms with Crippen molar-refractivity contribution in [3.8, 4) is 0 Å². The number of rotatable bonds is 12. The standard InChI is InChI=1S/C28H42N2O4/c1-19(2)15-23(30-27(34)21-11-13-29-14-12-21)24(31)17-22(16-20-9-7-6-8-10-20)26(33)25(32)18-28(3,4)5/h6-10,19,21-23,29H,11-18H2,1-5H3,(H,30,34)/t22?,23-/m0/s1.